The second-order valence-corrected chi connectivity index (χ2v) is 7.59. The Balaban J connectivity index is 1.55. The van der Waals surface area contributed by atoms with Crippen LogP contribution in [0.25, 0.3) is 0 Å². The van der Waals surface area contributed by atoms with Gasteiger partial charge in [-0.25, -0.2) is 4.98 Å². The average Bonchev–Trinajstić information content (AvgIpc) is 2.98. The number of amides is 1. The molecule has 1 aromatic carbocycles. The van der Waals surface area contributed by atoms with E-state index >= 15 is 0 Å². The molecule has 128 valence electrons. The van der Waals surface area contributed by atoms with E-state index in [1.807, 2.05) is 12.1 Å². The number of nitrogens with zero attached hydrogens (tertiary/aromatic N) is 1. The number of rotatable bonds is 5. The molecule has 0 atom stereocenters. The van der Waals surface area contributed by atoms with Gasteiger partial charge in [0.25, 0.3) is 5.91 Å². The third kappa shape index (κ3) is 4.91. The van der Waals surface area contributed by atoms with Gasteiger partial charge in [0.05, 0.1) is 13.2 Å². The van der Waals surface area contributed by atoms with Crippen LogP contribution in [-0.2, 0) is 16.0 Å². The van der Waals surface area contributed by atoms with Gasteiger partial charge in [-0.15, -0.1) is 11.3 Å². The fraction of sp³-hybridized carbons (Fsp3) is 0.375. The molecule has 8 heteroatoms. The number of carbonyl (C=O) groups is 1. The number of morpholine rings is 1. The Morgan fingerprint density at radius 1 is 1.33 bits per heavy atom. The van der Waals surface area contributed by atoms with Crippen molar-refractivity contribution < 1.29 is 14.4 Å². The van der Waals surface area contributed by atoms with E-state index in [4.69, 9.17) is 27.9 Å². The molecular weight excluding hydrogens is 369 g/mol. The second-order valence-electron chi connectivity index (χ2n) is 5.63. The summed E-state index contributed by atoms with van der Waals surface area (Å²) >= 11 is 13.6. The van der Waals surface area contributed by atoms with Crippen LogP contribution in [0.15, 0.2) is 24.4 Å². The van der Waals surface area contributed by atoms with E-state index < -0.39 is 0 Å². The quantitative estimate of drug-likeness (QED) is 0.824. The van der Waals surface area contributed by atoms with Gasteiger partial charge in [0.15, 0.2) is 11.7 Å². The van der Waals surface area contributed by atoms with Crippen molar-refractivity contribution in [2.24, 2.45) is 0 Å². The second kappa shape index (κ2) is 8.27. The maximum atomic E-state index is 12.1. The molecule has 0 bridgehead atoms. The van der Waals surface area contributed by atoms with Crippen molar-refractivity contribution in [1.82, 2.24) is 4.98 Å². The first kappa shape index (κ1) is 17.6. The highest BCUT2D eigenvalue weighted by Crippen LogP contribution is 2.26. The number of carbonyl (C=O) groups excluding carboxylic acids is 1. The van der Waals surface area contributed by atoms with Crippen molar-refractivity contribution >= 4 is 45.6 Å². The molecule has 1 aliphatic heterocycles. The number of quaternary nitrogens is 1. The lowest BCUT2D eigenvalue weighted by molar-refractivity contribution is -0.899. The number of aromatic nitrogens is 1. The third-order valence-corrected chi connectivity index (χ3v) is 5.29. The summed E-state index contributed by atoms with van der Waals surface area (Å²) in [5.41, 5.74) is 0.986. The van der Waals surface area contributed by atoms with Crippen LogP contribution in [0.4, 0.5) is 5.13 Å². The van der Waals surface area contributed by atoms with Crippen molar-refractivity contribution in [2.45, 2.75) is 6.42 Å². The normalized spacial score (nSPS) is 15.4. The van der Waals surface area contributed by atoms with E-state index in [1.165, 1.54) is 16.2 Å². The molecule has 1 aromatic heterocycles. The first-order chi connectivity index (χ1) is 11.6. The molecule has 3 rings (SSSR count). The summed E-state index contributed by atoms with van der Waals surface area (Å²) in [6, 6.07) is 5.45. The standard InChI is InChI=1S/C16H17Cl2N3O2S/c17-12-2-1-11(14(18)8-12)7-13-9-19-16(24-13)20-15(22)10-21-3-5-23-6-4-21/h1-2,8-9H,3-7,10H2,(H,19,20,22)/p+1. The number of benzene rings is 1. The first-order valence-corrected chi connectivity index (χ1v) is 9.27. The number of halogens is 2. The van der Waals surface area contributed by atoms with E-state index in [9.17, 15) is 4.79 Å². The van der Waals surface area contributed by atoms with Gasteiger partial charge in [0.1, 0.15) is 13.1 Å². The number of ether oxygens (including phenoxy) is 1. The van der Waals surface area contributed by atoms with Gasteiger partial charge < -0.3 is 9.64 Å². The van der Waals surface area contributed by atoms with Crippen LogP contribution in [0.1, 0.15) is 10.4 Å². The van der Waals surface area contributed by atoms with Crippen molar-refractivity contribution in [3.8, 4) is 0 Å². The Bertz CT molecular complexity index is 717. The minimum absolute atomic E-state index is 0.0164. The van der Waals surface area contributed by atoms with Crippen molar-refractivity contribution in [1.29, 1.82) is 0 Å². The van der Waals surface area contributed by atoms with Gasteiger partial charge in [-0.2, -0.15) is 0 Å². The third-order valence-electron chi connectivity index (χ3n) is 3.79. The summed E-state index contributed by atoms with van der Waals surface area (Å²) in [5.74, 6) is -0.0164. The summed E-state index contributed by atoms with van der Waals surface area (Å²) in [4.78, 5) is 18.6. The molecule has 1 amide bonds. The highest BCUT2D eigenvalue weighted by molar-refractivity contribution is 7.15. The van der Waals surface area contributed by atoms with Crippen LogP contribution in [0.5, 0.6) is 0 Å². The highest BCUT2D eigenvalue weighted by atomic mass is 35.5. The van der Waals surface area contributed by atoms with Gasteiger partial charge in [-0.05, 0) is 17.7 Å². The lowest BCUT2D eigenvalue weighted by Gasteiger charge is -2.22. The van der Waals surface area contributed by atoms with Crippen molar-refractivity contribution in [3.05, 3.63) is 44.9 Å². The lowest BCUT2D eigenvalue weighted by Crippen LogP contribution is -3.15. The maximum Gasteiger partial charge on any atom is 0.281 e. The Labute approximate surface area is 154 Å². The molecule has 0 saturated carbocycles. The van der Waals surface area contributed by atoms with Crippen LogP contribution < -0.4 is 10.2 Å². The zero-order valence-corrected chi connectivity index (χ0v) is 15.3. The number of nitrogens with one attached hydrogen (secondary N) is 2. The minimum atomic E-state index is -0.0164. The molecule has 2 aromatic rings. The largest absolute Gasteiger partial charge is 0.370 e. The van der Waals surface area contributed by atoms with Gasteiger partial charge in [0, 0.05) is 27.5 Å². The number of hydrogen-bond donors (Lipinski definition) is 2. The van der Waals surface area contributed by atoms with E-state index in [-0.39, 0.29) is 5.91 Å². The van der Waals surface area contributed by atoms with Crippen LogP contribution in [0.3, 0.4) is 0 Å². The van der Waals surface area contributed by atoms with E-state index in [0.717, 1.165) is 23.5 Å². The molecule has 24 heavy (non-hydrogen) atoms. The molecule has 1 saturated heterocycles. The van der Waals surface area contributed by atoms with Gasteiger partial charge in [-0.3, -0.25) is 10.1 Å². The number of thiazole rings is 1. The molecule has 0 aliphatic carbocycles. The summed E-state index contributed by atoms with van der Waals surface area (Å²) in [7, 11) is 0. The van der Waals surface area contributed by atoms with Crippen molar-refractivity contribution in [3.63, 3.8) is 0 Å². The average molecular weight is 387 g/mol. The first-order valence-electron chi connectivity index (χ1n) is 7.70. The topological polar surface area (TPSA) is 55.7 Å². The minimum Gasteiger partial charge on any atom is -0.370 e. The van der Waals surface area contributed by atoms with Crippen molar-refractivity contribution in [2.75, 3.05) is 38.2 Å². The van der Waals surface area contributed by atoms with E-state index in [0.29, 0.717) is 41.4 Å². The predicted molar refractivity (Wildman–Crippen MR) is 96.4 cm³/mol. The Kier molecular flexibility index (Phi) is 6.08. The molecule has 0 radical (unpaired) electrons. The smallest absolute Gasteiger partial charge is 0.281 e. The molecular formula is C16H18Cl2N3O2S+. The van der Waals surface area contributed by atoms with Gasteiger partial charge in [-0.1, -0.05) is 29.3 Å². The van der Waals surface area contributed by atoms with Crippen LogP contribution in [0, 0.1) is 0 Å². The molecule has 5 nitrogen and oxygen atoms in total. The Hall–Kier alpha value is -1.18. The number of anilines is 1. The molecule has 0 unspecified atom stereocenters. The Morgan fingerprint density at radius 2 is 2.12 bits per heavy atom. The van der Waals surface area contributed by atoms with Crippen LogP contribution in [-0.4, -0.2) is 43.7 Å². The lowest BCUT2D eigenvalue weighted by atomic mass is 10.1. The van der Waals surface area contributed by atoms with Crippen LogP contribution >= 0.6 is 34.5 Å². The SMILES string of the molecule is O=C(C[NH+]1CCOCC1)Nc1ncc(Cc2ccc(Cl)cc2Cl)s1. The summed E-state index contributed by atoms with van der Waals surface area (Å²) in [5, 5.41) is 4.74. The maximum absolute atomic E-state index is 12.1. The fourth-order valence-electron chi connectivity index (χ4n) is 2.53. The van der Waals surface area contributed by atoms with Gasteiger partial charge in [0.2, 0.25) is 0 Å². The fourth-order valence-corrected chi connectivity index (χ4v) is 3.85. The highest BCUT2D eigenvalue weighted by Gasteiger charge is 2.18. The summed E-state index contributed by atoms with van der Waals surface area (Å²) < 4.78 is 5.29. The van der Waals surface area contributed by atoms with Crippen LogP contribution in [0.2, 0.25) is 10.0 Å². The molecule has 1 fully saturated rings. The Morgan fingerprint density at radius 3 is 2.88 bits per heavy atom. The molecule has 2 heterocycles. The zero-order valence-electron chi connectivity index (χ0n) is 13.0. The summed E-state index contributed by atoms with van der Waals surface area (Å²) in [6.07, 6.45) is 2.44. The van der Waals surface area contributed by atoms with E-state index in [2.05, 4.69) is 10.3 Å². The summed E-state index contributed by atoms with van der Waals surface area (Å²) in [6.45, 7) is 3.61. The number of hydrogen-bond acceptors (Lipinski definition) is 4. The van der Waals surface area contributed by atoms with Gasteiger partial charge >= 0.3 is 0 Å². The molecule has 2 N–H and O–H groups in total. The zero-order chi connectivity index (χ0) is 16.9. The van der Waals surface area contributed by atoms with E-state index in [1.54, 1.807) is 12.3 Å². The predicted octanol–water partition coefficient (Wildman–Crippen LogP) is 1.89. The monoisotopic (exact) mass is 386 g/mol. The molecule has 1 aliphatic rings. The molecule has 0 spiro atoms.